The molecule has 1 aliphatic heterocycles. The number of hydrogen-bond acceptors (Lipinski definition) is 4. The van der Waals surface area contributed by atoms with Gasteiger partial charge >= 0.3 is 0 Å². The zero-order chi connectivity index (χ0) is 14.0. The van der Waals surface area contributed by atoms with Crippen LogP contribution in [0.2, 0.25) is 5.02 Å². The standard InChI is InChI=1S/C13H11ClN2O2S/c1-8(17)19-11-5-13(18)16(7-11)12-4-10(14)3-2-9(12)6-15/h2-4,11H,5,7H2,1H3. The van der Waals surface area contributed by atoms with Gasteiger partial charge in [-0.3, -0.25) is 9.59 Å². The molecule has 0 aliphatic carbocycles. The van der Waals surface area contributed by atoms with Crippen LogP contribution in [0, 0.1) is 11.3 Å². The van der Waals surface area contributed by atoms with Gasteiger partial charge in [0.05, 0.1) is 11.3 Å². The summed E-state index contributed by atoms with van der Waals surface area (Å²) < 4.78 is 0. The summed E-state index contributed by atoms with van der Waals surface area (Å²) in [5.41, 5.74) is 0.929. The number of rotatable bonds is 2. The van der Waals surface area contributed by atoms with E-state index in [1.807, 2.05) is 6.07 Å². The molecule has 0 bridgehead atoms. The SMILES string of the molecule is CC(=O)SC1CC(=O)N(c2cc(Cl)ccc2C#N)C1. The maximum absolute atomic E-state index is 12.0. The molecule has 0 radical (unpaired) electrons. The highest BCUT2D eigenvalue weighted by Crippen LogP contribution is 2.32. The quantitative estimate of drug-likeness (QED) is 0.841. The van der Waals surface area contributed by atoms with Crippen LogP contribution in [0.25, 0.3) is 0 Å². The second kappa shape index (κ2) is 5.64. The molecule has 1 atom stereocenters. The Morgan fingerprint density at radius 2 is 2.32 bits per heavy atom. The summed E-state index contributed by atoms with van der Waals surface area (Å²) in [6, 6.07) is 6.87. The van der Waals surface area contributed by atoms with E-state index < -0.39 is 0 Å². The largest absolute Gasteiger partial charge is 0.310 e. The minimum Gasteiger partial charge on any atom is -0.310 e. The lowest BCUT2D eigenvalue weighted by Gasteiger charge is -2.18. The van der Waals surface area contributed by atoms with Crippen LogP contribution < -0.4 is 4.90 Å². The van der Waals surface area contributed by atoms with Crippen molar-refractivity contribution in [2.24, 2.45) is 0 Å². The number of hydrogen-bond donors (Lipinski definition) is 0. The van der Waals surface area contributed by atoms with Gasteiger partial charge in [0, 0.05) is 30.2 Å². The van der Waals surface area contributed by atoms with Crippen molar-refractivity contribution in [3.05, 3.63) is 28.8 Å². The third kappa shape index (κ3) is 3.09. The van der Waals surface area contributed by atoms with Crippen molar-refractivity contribution in [1.29, 1.82) is 5.26 Å². The lowest BCUT2D eigenvalue weighted by atomic mass is 10.2. The molecular formula is C13H11ClN2O2S. The first kappa shape index (κ1) is 13.9. The maximum atomic E-state index is 12.0. The van der Waals surface area contributed by atoms with Crippen LogP contribution in [0.3, 0.4) is 0 Å². The van der Waals surface area contributed by atoms with Gasteiger partial charge in [-0.15, -0.1) is 0 Å². The zero-order valence-electron chi connectivity index (χ0n) is 10.2. The third-order valence-corrected chi connectivity index (χ3v) is 4.01. The molecule has 19 heavy (non-hydrogen) atoms. The van der Waals surface area contributed by atoms with Gasteiger partial charge < -0.3 is 4.90 Å². The summed E-state index contributed by atoms with van der Waals surface area (Å²) >= 11 is 7.08. The Labute approximate surface area is 120 Å². The molecule has 1 aromatic rings. The number of nitriles is 1. The van der Waals surface area contributed by atoms with Crippen LogP contribution in [-0.2, 0) is 9.59 Å². The summed E-state index contributed by atoms with van der Waals surface area (Å²) in [4.78, 5) is 24.6. The van der Waals surface area contributed by atoms with E-state index in [0.29, 0.717) is 29.2 Å². The Morgan fingerprint density at radius 1 is 1.58 bits per heavy atom. The fraction of sp³-hybridized carbons (Fsp3) is 0.308. The molecule has 2 rings (SSSR count). The van der Waals surface area contributed by atoms with Crippen molar-refractivity contribution in [2.45, 2.75) is 18.6 Å². The van der Waals surface area contributed by atoms with E-state index in [1.54, 1.807) is 18.2 Å². The monoisotopic (exact) mass is 294 g/mol. The van der Waals surface area contributed by atoms with Crippen LogP contribution >= 0.6 is 23.4 Å². The molecule has 6 heteroatoms. The lowest BCUT2D eigenvalue weighted by molar-refractivity contribution is -0.117. The highest BCUT2D eigenvalue weighted by Gasteiger charge is 2.33. The Kier molecular flexibility index (Phi) is 4.13. The van der Waals surface area contributed by atoms with Crippen LogP contribution in [0.4, 0.5) is 5.69 Å². The molecule has 0 N–H and O–H groups in total. The third-order valence-electron chi connectivity index (χ3n) is 2.79. The van der Waals surface area contributed by atoms with Gasteiger partial charge in [0.1, 0.15) is 6.07 Å². The smallest absolute Gasteiger partial charge is 0.228 e. The van der Waals surface area contributed by atoms with Crippen molar-refractivity contribution < 1.29 is 9.59 Å². The number of benzene rings is 1. The molecule has 4 nitrogen and oxygen atoms in total. The van der Waals surface area contributed by atoms with Crippen molar-refractivity contribution in [1.82, 2.24) is 0 Å². The summed E-state index contributed by atoms with van der Waals surface area (Å²) in [7, 11) is 0. The van der Waals surface area contributed by atoms with E-state index in [4.69, 9.17) is 16.9 Å². The van der Waals surface area contributed by atoms with Gasteiger partial charge in [0.15, 0.2) is 5.12 Å². The van der Waals surface area contributed by atoms with Gasteiger partial charge in [0.2, 0.25) is 5.91 Å². The van der Waals surface area contributed by atoms with Crippen LogP contribution in [0.1, 0.15) is 18.9 Å². The molecule has 1 aliphatic rings. The van der Waals surface area contributed by atoms with E-state index in [1.165, 1.54) is 11.8 Å². The molecule has 1 aromatic carbocycles. The first-order chi connectivity index (χ1) is 9.01. The summed E-state index contributed by atoms with van der Waals surface area (Å²) in [5.74, 6) is -0.0856. The Balaban J connectivity index is 2.28. The summed E-state index contributed by atoms with van der Waals surface area (Å²) in [5, 5.41) is 9.49. The van der Waals surface area contributed by atoms with Crippen LogP contribution in [0.5, 0.6) is 0 Å². The van der Waals surface area contributed by atoms with Crippen molar-refractivity contribution in [3.8, 4) is 6.07 Å². The topological polar surface area (TPSA) is 61.2 Å². The summed E-state index contributed by atoms with van der Waals surface area (Å²) in [6.45, 7) is 1.91. The molecule has 1 heterocycles. The van der Waals surface area contributed by atoms with E-state index in [9.17, 15) is 9.59 Å². The fourth-order valence-corrected chi connectivity index (χ4v) is 3.13. The van der Waals surface area contributed by atoms with Crippen LogP contribution in [0.15, 0.2) is 18.2 Å². The average molecular weight is 295 g/mol. The van der Waals surface area contributed by atoms with E-state index in [-0.39, 0.29) is 16.3 Å². The minimum absolute atomic E-state index is 0.00810. The first-order valence-corrected chi connectivity index (χ1v) is 6.94. The van der Waals surface area contributed by atoms with Gasteiger partial charge in [0.25, 0.3) is 0 Å². The number of carbonyl (C=O) groups excluding carboxylic acids is 2. The Hall–Kier alpha value is -1.51. The van der Waals surface area contributed by atoms with Gasteiger partial charge in [-0.25, -0.2) is 0 Å². The number of amides is 1. The lowest BCUT2D eigenvalue weighted by Crippen LogP contribution is -2.25. The minimum atomic E-state index is -0.0856. The first-order valence-electron chi connectivity index (χ1n) is 5.68. The Morgan fingerprint density at radius 3 is 2.95 bits per heavy atom. The molecule has 1 saturated heterocycles. The van der Waals surface area contributed by atoms with Crippen molar-refractivity contribution in [2.75, 3.05) is 11.4 Å². The fourth-order valence-electron chi connectivity index (χ4n) is 2.04. The van der Waals surface area contributed by atoms with E-state index >= 15 is 0 Å². The van der Waals surface area contributed by atoms with E-state index in [2.05, 4.69) is 0 Å². The van der Waals surface area contributed by atoms with Crippen molar-refractivity contribution in [3.63, 3.8) is 0 Å². The predicted octanol–water partition coefficient (Wildman–Crippen LogP) is 2.60. The maximum Gasteiger partial charge on any atom is 0.228 e. The van der Waals surface area contributed by atoms with Crippen molar-refractivity contribution >= 4 is 40.1 Å². The molecule has 1 unspecified atom stereocenters. The molecule has 0 saturated carbocycles. The number of thioether (sulfide) groups is 1. The number of halogens is 1. The van der Waals surface area contributed by atoms with E-state index in [0.717, 1.165) is 11.8 Å². The Bertz CT molecular complexity index is 582. The normalized spacial score (nSPS) is 18.5. The zero-order valence-corrected chi connectivity index (χ0v) is 11.8. The molecule has 98 valence electrons. The highest BCUT2D eigenvalue weighted by molar-refractivity contribution is 8.14. The molecule has 1 amide bonds. The second-order valence-electron chi connectivity index (χ2n) is 4.21. The van der Waals surface area contributed by atoms with Gasteiger partial charge in [-0.05, 0) is 18.2 Å². The predicted molar refractivity (Wildman–Crippen MR) is 75.2 cm³/mol. The average Bonchev–Trinajstić information content (AvgIpc) is 2.69. The molecule has 0 spiro atoms. The van der Waals surface area contributed by atoms with Crippen LogP contribution in [-0.4, -0.2) is 22.8 Å². The van der Waals surface area contributed by atoms with Gasteiger partial charge in [-0.1, -0.05) is 23.4 Å². The van der Waals surface area contributed by atoms with Gasteiger partial charge in [-0.2, -0.15) is 5.26 Å². The number of anilines is 1. The summed E-state index contributed by atoms with van der Waals surface area (Å²) in [6.07, 6.45) is 0.307. The molecule has 1 fully saturated rings. The molecule has 0 aromatic heterocycles. The molecular weight excluding hydrogens is 284 g/mol. The highest BCUT2D eigenvalue weighted by atomic mass is 35.5. The second-order valence-corrected chi connectivity index (χ2v) is 6.13. The number of nitrogens with zero attached hydrogens (tertiary/aromatic N) is 2. The number of carbonyl (C=O) groups is 2.